The second-order valence-electron chi connectivity index (χ2n) is 7.36. The molecule has 166 valence electrons. The molecule has 10 heteroatoms. The summed E-state index contributed by atoms with van der Waals surface area (Å²) in [6.07, 6.45) is 0. The van der Waals surface area contributed by atoms with Gasteiger partial charge in [-0.15, -0.1) is 11.3 Å². The Balaban J connectivity index is 1.53. The highest BCUT2D eigenvalue weighted by Gasteiger charge is 2.26. The summed E-state index contributed by atoms with van der Waals surface area (Å²) < 4.78 is 24.8. The van der Waals surface area contributed by atoms with Crippen molar-refractivity contribution in [3.05, 3.63) is 45.0 Å². The summed E-state index contributed by atoms with van der Waals surface area (Å²) in [4.78, 5) is 29.7. The van der Waals surface area contributed by atoms with Crippen molar-refractivity contribution in [3.63, 3.8) is 0 Å². The van der Waals surface area contributed by atoms with Crippen LogP contribution >= 0.6 is 22.9 Å². The smallest absolute Gasteiger partial charge is 0.265 e. The lowest BCUT2D eigenvalue weighted by Crippen LogP contribution is -2.40. The number of rotatable bonds is 4. The fraction of sp³-hybridized carbons (Fsp3) is 0.429. The zero-order valence-corrected chi connectivity index (χ0v) is 18.7. The van der Waals surface area contributed by atoms with Crippen LogP contribution in [-0.4, -0.2) is 69.3 Å². The molecule has 1 aromatic heterocycles. The van der Waals surface area contributed by atoms with Crippen LogP contribution in [0.15, 0.2) is 18.2 Å². The van der Waals surface area contributed by atoms with Gasteiger partial charge in [-0.1, -0.05) is 11.6 Å². The summed E-state index contributed by atoms with van der Waals surface area (Å²) in [5.74, 6) is -1.12. The molecule has 2 amide bonds. The monoisotopic (exact) mass is 467 g/mol. The number of amides is 2. The molecule has 1 N–H and O–H groups in total. The Morgan fingerprint density at radius 3 is 2.39 bits per heavy atom. The first-order chi connectivity index (χ1) is 14.9. The van der Waals surface area contributed by atoms with Gasteiger partial charge in [-0.2, -0.15) is 0 Å². The van der Waals surface area contributed by atoms with Crippen LogP contribution in [0.2, 0.25) is 5.02 Å². The number of nitrogens with zero attached hydrogens (tertiary/aromatic N) is 2. The third-order valence-electron chi connectivity index (χ3n) is 5.31. The van der Waals surface area contributed by atoms with Gasteiger partial charge in [0.25, 0.3) is 11.8 Å². The number of carbonyl (C=O) groups is 2. The summed E-state index contributed by atoms with van der Waals surface area (Å²) in [7, 11) is 0. The van der Waals surface area contributed by atoms with Gasteiger partial charge in [0, 0.05) is 43.0 Å². The number of morpholine rings is 2. The van der Waals surface area contributed by atoms with E-state index in [0.29, 0.717) is 78.8 Å². The first-order valence-electron chi connectivity index (χ1n) is 10.0. The fourth-order valence-corrected chi connectivity index (χ4v) is 4.95. The molecule has 0 spiro atoms. The lowest BCUT2D eigenvalue weighted by Gasteiger charge is -2.29. The first kappa shape index (κ1) is 22.0. The van der Waals surface area contributed by atoms with E-state index in [1.54, 1.807) is 17.9 Å². The zero-order valence-electron chi connectivity index (χ0n) is 17.1. The Morgan fingerprint density at radius 2 is 1.71 bits per heavy atom. The van der Waals surface area contributed by atoms with Gasteiger partial charge in [-0.25, -0.2) is 4.39 Å². The Labute approximate surface area is 188 Å². The standard InChI is InChI=1S/C21H23ClFN3O4S/c1-13-17(22)18(21(28)26-4-8-30-9-5-26)31-20(13)24-19(27)14-10-15(23)12-16(11-14)25-2-6-29-7-3-25/h10-12H,2-9H2,1H3,(H,24,27). The Kier molecular flexibility index (Phi) is 6.76. The number of hydrogen-bond acceptors (Lipinski definition) is 6. The number of benzene rings is 1. The molecule has 2 aromatic rings. The number of hydrogen-bond donors (Lipinski definition) is 1. The normalized spacial score (nSPS) is 17.0. The minimum atomic E-state index is -0.488. The van der Waals surface area contributed by atoms with E-state index in [1.165, 1.54) is 12.1 Å². The molecule has 2 fully saturated rings. The Morgan fingerprint density at radius 1 is 1.06 bits per heavy atom. The molecule has 0 radical (unpaired) electrons. The predicted octanol–water partition coefficient (Wildman–Crippen LogP) is 3.41. The van der Waals surface area contributed by atoms with Crippen LogP contribution < -0.4 is 10.2 Å². The second kappa shape index (κ2) is 9.52. The van der Waals surface area contributed by atoms with Crippen LogP contribution in [-0.2, 0) is 9.47 Å². The molecule has 7 nitrogen and oxygen atoms in total. The number of ether oxygens (including phenoxy) is 2. The van der Waals surface area contributed by atoms with Crippen molar-refractivity contribution >= 4 is 45.4 Å². The van der Waals surface area contributed by atoms with Crippen molar-refractivity contribution < 1.29 is 23.5 Å². The minimum absolute atomic E-state index is 0.178. The zero-order chi connectivity index (χ0) is 22.0. The van der Waals surface area contributed by atoms with Crippen molar-refractivity contribution in [3.8, 4) is 0 Å². The molecule has 2 aliphatic rings. The van der Waals surface area contributed by atoms with Crippen LogP contribution in [0, 0.1) is 12.7 Å². The van der Waals surface area contributed by atoms with Crippen LogP contribution in [0.3, 0.4) is 0 Å². The molecule has 0 atom stereocenters. The molecule has 4 rings (SSSR count). The highest BCUT2D eigenvalue weighted by molar-refractivity contribution is 7.19. The third-order valence-corrected chi connectivity index (χ3v) is 7.09. The van der Waals surface area contributed by atoms with Gasteiger partial charge >= 0.3 is 0 Å². The molecule has 0 unspecified atom stereocenters. The number of carbonyl (C=O) groups excluding carboxylic acids is 2. The van der Waals surface area contributed by atoms with Gasteiger partial charge in [0.15, 0.2) is 0 Å². The highest BCUT2D eigenvalue weighted by Crippen LogP contribution is 2.37. The van der Waals surface area contributed by atoms with Gasteiger partial charge < -0.3 is 24.6 Å². The largest absolute Gasteiger partial charge is 0.378 e. The van der Waals surface area contributed by atoms with E-state index in [9.17, 15) is 14.0 Å². The summed E-state index contributed by atoms with van der Waals surface area (Å²) in [5, 5.41) is 3.59. The molecule has 3 heterocycles. The van der Waals surface area contributed by atoms with Crippen LogP contribution in [0.5, 0.6) is 0 Å². The van der Waals surface area contributed by atoms with Crippen molar-refractivity contribution in [1.82, 2.24) is 4.90 Å². The first-order valence-corrected chi connectivity index (χ1v) is 11.2. The summed E-state index contributed by atoms with van der Waals surface area (Å²) >= 11 is 7.54. The average molecular weight is 468 g/mol. The van der Waals surface area contributed by atoms with Crippen molar-refractivity contribution in [2.45, 2.75) is 6.92 Å². The molecular formula is C21H23ClFN3O4S. The van der Waals surface area contributed by atoms with Crippen LogP contribution in [0.4, 0.5) is 15.1 Å². The lowest BCUT2D eigenvalue weighted by atomic mass is 10.1. The Hall–Kier alpha value is -2.20. The maximum Gasteiger partial charge on any atom is 0.265 e. The molecular weight excluding hydrogens is 445 g/mol. The fourth-order valence-electron chi connectivity index (χ4n) is 3.54. The van der Waals surface area contributed by atoms with Crippen molar-refractivity contribution in [1.29, 1.82) is 0 Å². The predicted molar refractivity (Wildman–Crippen MR) is 118 cm³/mol. The molecule has 2 saturated heterocycles. The maximum atomic E-state index is 14.2. The van der Waals surface area contributed by atoms with E-state index in [0.717, 1.165) is 11.3 Å². The number of nitrogens with one attached hydrogen (secondary N) is 1. The van der Waals surface area contributed by atoms with Gasteiger partial charge in [0.05, 0.1) is 31.5 Å². The molecule has 0 saturated carbocycles. The molecule has 0 bridgehead atoms. The SMILES string of the molecule is Cc1c(NC(=O)c2cc(F)cc(N3CCOCC3)c2)sc(C(=O)N2CCOCC2)c1Cl. The quantitative estimate of drug-likeness (QED) is 0.746. The Bertz CT molecular complexity index is 987. The molecule has 0 aliphatic carbocycles. The van der Waals surface area contributed by atoms with Gasteiger partial charge in [-0.3, -0.25) is 9.59 Å². The molecule has 1 aromatic carbocycles. The lowest BCUT2D eigenvalue weighted by molar-refractivity contribution is 0.0306. The van der Waals surface area contributed by atoms with Crippen molar-refractivity contribution in [2.75, 3.05) is 62.8 Å². The van der Waals surface area contributed by atoms with E-state index in [4.69, 9.17) is 21.1 Å². The van der Waals surface area contributed by atoms with E-state index in [1.807, 2.05) is 4.90 Å². The number of thiophene rings is 1. The van der Waals surface area contributed by atoms with E-state index >= 15 is 0 Å². The van der Waals surface area contributed by atoms with Gasteiger partial charge in [0.2, 0.25) is 0 Å². The van der Waals surface area contributed by atoms with E-state index in [-0.39, 0.29) is 11.5 Å². The van der Waals surface area contributed by atoms with E-state index < -0.39 is 11.7 Å². The van der Waals surface area contributed by atoms with E-state index in [2.05, 4.69) is 5.32 Å². The van der Waals surface area contributed by atoms with Crippen LogP contribution in [0.1, 0.15) is 25.6 Å². The summed E-state index contributed by atoms with van der Waals surface area (Å²) in [6.45, 7) is 6.12. The average Bonchev–Trinajstić information content (AvgIpc) is 3.07. The summed E-state index contributed by atoms with van der Waals surface area (Å²) in [5.41, 5.74) is 1.45. The van der Waals surface area contributed by atoms with Crippen LogP contribution in [0.25, 0.3) is 0 Å². The number of halogens is 2. The van der Waals surface area contributed by atoms with Gasteiger partial charge in [-0.05, 0) is 25.1 Å². The van der Waals surface area contributed by atoms with Crippen molar-refractivity contribution in [2.24, 2.45) is 0 Å². The third kappa shape index (κ3) is 4.85. The molecule has 31 heavy (non-hydrogen) atoms. The minimum Gasteiger partial charge on any atom is -0.378 e. The second-order valence-corrected chi connectivity index (χ2v) is 8.75. The molecule has 2 aliphatic heterocycles. The summed E-state index contributed by atoms with van der Waals surface area (Å²) in [6, 6.07) is 4.27. The maximum absolute atomic E-state index is 14.2. The highest BCUT2D eigenvalue weighted by atomic mass is 35.5. The number of anilines is 2. The van der Waals surface area contributed by atoms with Gasteiger partial charge in [0.1, 0.15) is 15.7 Å². The topological polar surface area (TPSA) is 71.1 Å².